The number of nitrogens with zero attached hydrogens (tertiary/aromatic N) is 2. The Kier molecular flexibility index (Phi) is 6.18. The number of rotatable bonds is 6. The first kappa shape index (κ1) is 17.8. The summed E-state index contributed by atoms with van der Waals surface area (Å²) in [5, 5.41) is 3.05. The molecule has 1 N–H and O–H groups in total. The van der Waals surface area contributed by atoms with E-state index in [9.17, 15) is 4.79 Å². The van der Waals surface area contributed by atoms with Crippen LogP contribution in [0.4, 0.5) is 4.79 Å². The lowest BCUT2D eigenvalue weighted by Gasteiger charge is -2.30. The van der Waals surface area contributed by atoms with Crippen molar-refractivity contribution in [2.45, 2.75) is 32.9 Å². The zero-order valence-corrected chi connectivity index (χ0v) is 14.7. The fourth-order valence-corrected chi connectivity index (χ4v) is 2.68. The number of carbonyl (C=O) groups excluding carboxylic acids is 1. The van der Waals surface area contributed by atoms with Crippen molar-refractivity contribution in [2.75, 3.05) is 13.7 Å². The molecule has 2 rings (SSSR count). The normalized spacial score (nSPS) is 13.0. The van der Waals surface area contributed by atoms with Crippen LogP contribution in [0.3, 0.4) is 0 Å². The first-order valence-corrected chi connectivity index (χ1v) is 8.17. The molecule has 128 valence electrons. The summed E-state index contributed by atoms with van der Waals surface area (Å²) in [6.45, 7) is 6.59. The summed E-state index contributed by atoms with van der Waals surface area (Å²) in [5.74, 6) is 0.793. The minimum Gasteiger partial charge on any atom is -0.497 e. The molecule has 2 atom stereocenters. The lowest BCUT2D eigenvalue weighted by Crippen LogP contribution is -2.42. The zero-order valence-electron chi connectivity index (χ0n) is 14.7. The highest BCUT2D eigenvalue weighted by molar-refractivity contribution is 5.75. The molecule has 5 nitrogen and oxygen atoms in total. The first-order valence-electron chi connectivity index (χ1n) is 8.17. The summed E-state index contributed by atoms with van der Waals surface area (Å²) < 4.78 is 5.28. The molecule has 2 aromatic rings. The van der Waals surface area contributed by atoms with Gasteiger partial charge in [0, 0.05) is 18.9 Å². The third kappa shape index (κ3) is 4.25. The summed E-state index contributed by atoms with van der Waals surface area (Å²) >= 11 is 0. The van der Waals surface area contributed by atoms with Crippen molar-refractivity contribution < 1.29 is 9.53 Å². The number of methoxy groups -OCH3 is 1. The molecule has 0 aliphatic rings. The number of benzene rings is 1. The SMILES string of the molecule is CCN(C(=O)NC(C)c1ccncc1)C(C)c1cccc(OC)c1. The second kappa shape index (κ2) is 8.34. The van der Waals surface area contributed by atoms with Gasteiger partial charge in [0.2, 0.25) is 0 Å². The number of urea groups is 1. The number of nitrogens with one attached hydrogen (secondary N) is 1. The van der Waals surface area contributed by atoms with Crippen LogP contribution in [0.2, 0.25) is 0 Å². The van der Waals surface area contributed by atoms with Gasteiger partial charge in [-0.25, -0.2) is 4.79 Å². The highest BCUT2D eigenvalue weighted by Crippen LogP contribution is 2.24. The van der Waals surface area contributed by atoms with E-state index in [1.54, 1.807) is 19.5 Å². The Morgan fingerprint density at radius 3 is 2.54 bits per heavy atom. The molecule has 0 aliphatic carbocycles. The van der Waals surface area contributed by atoms with Gasteiger partial charge in [-0.05, 0) is 56.2 Å². The van der Waals surface area contributed by atoms with Crippen LogP contribution in [0.15, 0.2) is 48.8 Å². The Hall–Kier alpha value is -2.56. The fraction of sp³-hybridized carbons (Fsp3) is 0.368. The maximum absolute atomic E-state index is 12.7. The van der Waals surface area contributed by atoms with Crippen LogP contribution in [0, 0.1) is 0 Å². The summed E-state index contributed by atoms with van der Waals surface area (Å²) in [6.07, 6.45) is 3.46. The number of amides is 2. The van der Waals surface area contributed by atoms with Crippen LogP contribution in [0.25, 0.3) is 0 Å². The average Bonchev–Trinajstić information content (AvgIpc) is 2.63. The van der Waals surface area contributed by atoms with Crippen molar-refractivity contribution >= 4 is 6.03 Å². The largest absolute Gasteiger partial charge is 0.497 e. The number of hydrogen-bond donors (Lipinski definition) is 1. The Balaban J connectivity index is 2.10. The maximum atomic E-state index is 12.7. The van der Waals surface area contributed by atoms with Crippen molar-refractivity contribution in [2.24, 2.45) is 0 Å². The maximum Gasteiger partial charge on any atom is 0.318 e. The van der Waals surface area contributed by atoms with Crippen LogP contribution in [0.1, 0.15) is 44.0 Å². The molecule has 0 fully saturated rings. The predicted octanol–water partition coefficient (Wildman–Crippen LogP) is 3.94. The van der Waals surface area contributed by atoms with Crippen molar-refractivity contribution in [3.05, 3.63) is 59.9 Å². The first-order chi connectivity index (χ1) is 11.6. The highest BCUT2D eigenvalue weighted by Gasteiger charge is 2.21. The number of aromatic nitrogens is 1. The van der Waals surface area contributed by atoms with Crippen LogP contribution >= 0.6 is 0 Å². The average molecular weight is 327 g/mol. The summed E-state index contributed by atoms with van der Waals surface area (Å²) in [5.41, 5.74) is 2.08. The third-order valence-electron chi connectivity index (χ3n) is 4.19. The van der Waals surface area contributed by atoms with E-state index in [0.717, 1.165) is 16.9 Å². The van der Waals surface area contributed by atoms with Gasteiger partial charge >= 0.3 is 6.03 Å². The Morgan fingerprint density at radius 1 is 1.21 bits per heavy atom. The van der Waals surface area contributed by atoms with Crippen molar-refractivity contribution in [1.82, 2.24) is 15.2 Å². The van der Waals surface area contributed by atoms with E-state index in [0.29, 0.717) is 6.54 Å². The lowest BCUT2D eigenvalue weighted by molar-refractivity contribution is 0.179. The van der Waals surface area contributed by atoms with Crippen LogP contribution in [0.5, 0.6) is 5.75 Å². The van der Waals surface area contributed by atoms with Gasteiger partial charge < -0.3 is 15.0 Å². The van der Waals surface area contributed by atoms with Gasteiger partial charge in [-0.3, -0.25) is 4.98 Å². The summed E-state index contributed by atoms with van der Waals surface area (Å²) in [4.78, 5) is 18.5. The second-order valence-electron chi connectivity index (χ2n) is 5.69. The van der Waals surface area contributed by atoms with Crippen molar-refractivity contribution in [3.8, 4) is 5.75 Å². The number of carbonyl (C=O) groups is 1. The molecular formula is C19H25N3O2. The second-order valence-corrected chi connectivity index (χ2v) is 5.69. The molecule has 1 heterocycles. The Morgan fingerprint density at radius 2 is 1.92 bits per heavy atom. The van der Waals surface area contributed by atoms with Crippen LogP contribution in [-0.2, 0) is 0 Å². The van der Waals surface area contributed by atoms with E-state index in [4.69, 9.17) is 4.74 Å². The van der Waals surface area contributed by atoms with Gasteiger partial charge in [-0.15, -0.1) is 0 Å². The van der Waals surface area contributed by atoms with Gasteiger partial charge in [0.1, 0.15) is 5.75 Å². The predicted molar refractivity (Wildman–Crippen MR) is 95.0 cm³/mol. The van der Waals surface area contributed by atoms with Gasteiger partial charge in [-0.2, -0.15) is 0 Å². The topological polar surface area (TPSA) is 54.5 Å². The van der Waals surface area contributed by atoms with E-state index in [1.807, 2.05) is 62.1 Å². The molecule has 0 radical (unpaired) electrons. The van der Waals surface area contributed by atoms with E-state index in [-0.39, 0.29) is 18.1 Å². The molecule has 0 saturated carbocycles. The molecule has 0 aliphatic heterocycles. The van der Waals surface area contributed by atoms with E-state index in [2.05, 4.69) is 10.3 Å². The van der Waals surface area contributed by atoms with Gasteiger partial charge in [-0.1, -0.05) is 12.1 Å². The minimum atomic E-state index is -0.0860. The molecule has 2 unspecified atom stereocenters. The fourth-order valence-electron chi connectivity index (χ4n) is 2.68. The van der Waals surface area contributed by atoms with Crippen LogP contribution in [-0.4, -0.2) is 29.6 Å². The van der Waals surface area contributed by atoms with Gasteiger partial charge in [0.05, 0.1) is 19.2 Å². The minimum absolute atomic E-state index is 0.0465. The molecule has 24 heavy (non-hydrogen) atoms. The standard InChI is InChI=1S/C19H25N3O2/c1-5-22(15(3)17-7-6-8-18(13-17)24-4)19(23)21-14(2)16-9-11-20-12-10-16/h6-15H,5H2,1-4H3,(H,21,23). The number of pyridine rings is 1. The number of hydrogen-bond acceptors (Lipinski definition) is 3. The molecule has 0 bridgehead atoms. The summed E-state index contributed by atoms with van der Waals surface area (Å²) in [6, 6.07) is 11.4. The van der Waals surface area contributed by atoms with Crippen LogP contribution < -0.4 is 10.1 Å². The van der Waals surface area contributed by atoms with E-state index >= 15 is 0 Å². The van der Waals surface area contributed by atoms with E-state index < -0.39 is 0 Å². The van der Waals surface area contributed by atoms with Gasteiger partial charge in [0.15, 0.2) is 0 Å². The zero-order chi connectivity index (χ0) is 17.5. The van der Waals surface area contributed by atoms with Crippen molar-refractivity contribution in [3.63, 3.8) is 0 Å². The van der Waals surface area contributed by atoms with Gasteiger partial charge in [0.25, 0.3) is 0 Å². The monoisotopic (exact) mass is 327 g/mol. The molecule has 1 aromatic heterocycles. The Bertz CT molecular complexity index is 661. The Labute approximate surface area is 143 Å². The molecule has 0 saturated heterocycles. The molecule has 1 aromatic carbocycles. The molecule has 2 amide bonds. The quantitative estimate of drug-likeness (QED) is 0.874. The number of ether oxygens (including phenoxy) is 1. The molecular weight excluding hydrogens is 302 g/mol. The smallest absolute Gasteiger partial charge is 0.318 e. The highest BCUT2D eigenvalue weighted by atomic mass is 16.5. The lowest BCUT2D eigenvalue weighted by atomic mass is 10.1. The van der Waals surface area contributed by atoms with E-state index in [1.165, 1.54) is 0 Å². The molecule has 5 heteroatoms. The summed E-state index contributed by atoms with van der Waals surface area (Å²) in [7, 11) is 1.64. The third-order valence-corrected chi connectivity index (χ3v) is 4.19. The molecule has 0 spiro atoms. The van der Waals surface area contributed by atoms with Crippen molar-refractivity contribution in [1.29, 1.82) is 0 Å².